The third-order valence-corrected chi connectivity index (χ3v) is 5.65. The van der Waals surface area contributed by atoms with E-state index in [1.54, 1.807) is 0 Å². The van der Waals surface area contributed by atoms with Crippen molar-refractivity contribution >= 4 is 11.3 Å². The lowest BCUT2D eigenvalue weighted by Crippen LogP contribution is -2.33. The molecular weight excluding hydrogens is 318 g/mol. The second-order valence-corrected chi connectivity index (χ2v) is 7.78. The van der Waals surface area contributed by atoms with Gasteiger partial charge in [0.2, 0.25) is 0 Å². The summed E-state index contributed by atoms with van der Waals surface area (Å²) >= 11 is 0. The molecule has 0 N–H and O–H groups in total. The summed E-state index contributed by atoms with van der Waals surface area (Å²) in [5.41, 5.74) is 4.01. The van der Waals surface area contributed by atoms with E-state index in [0.29, 0.717) is 11.8 Å². The lowest BCUT2D eigenvalue weighted by Gasteiger charge is -2.41. The van der Waals surface area contributed by atoms with E-state index >= 15 is 0 Å². The molecule has 3 nitrogen and oxygen atoms in total. The second-order valence-electron chi connectivity index (χ2n) is 7.78. The van der Waals surface area contributed by atoms with Crippen LogP contribution in [0, 0.1) is 28.6 Å². The summed E-state index contributed by atoms with van der Waals surface area (Å²) < 4.78 is 0. The molecule has 1 aromatic rings. The predicted molar refractivity (Wildman–Crippen MR) is 111 cm³/mol. The molecule has 0 bridgehead atoms. The maximum absolute atomic E-state index is 9.43. The van der Waals surface area contributed by atoms with Crippen molar-refractivity contribution in [2.24, 2.45) is 17.3 Å². The van der Waals surface area contributed by atoms with Crippen LogP contribution in [0.25, 0.3) is 5.57 Å². The van der Waals surface area contributed by atoms with Gasteiger partial charge in [0.1, 0.15) is 0 Å². The summed E-state index contributed by atoms with van der Waals surface area (Å²) in [5.74, 6) is 0.778. The van der Waals surface area contributed by atoms with Crippen LogP contribution in [0.5, 0.6) is 0 Å². The maximum atomic E-state index is 9.43. The third kappa shape index (κ3) is 4.07. The smallest absolute Gasteiger partial charge is 0.0988 e. The highest BCUT2D eigenvalue weighted by atomic mass is 15.1. The minimum atomic E-state index is 0.00906. The van der Waals surface area contributed by atoms with Crippen LogP contribution in [0.2, 0.25) is 0 Å². The highest BCUT2D eigenvalue weighted by molar-refractivity contribution is 5.73. The molecule has 0 aromatic carbocycles. The number of aromatic nitrogens is 1. The number of nitriles is 1. The molecule has 2 rings (SSSR count). The van der Waals surface area contributed by atoms with E-state index in [9.17, 15) is 5.26 Å². The summed E-state index contributed by atoms with van der Waals surface area (Å²) in [6.45, 7) is 9.07. The monoisotopic (exact) mass is 349 g/mol. The standard InChI is InChI=1S/C23H31N3/c1-7-8-12-23(4,17(2)3)21-10-9-18(16-24)14-20(21)22-15-19(26(5)6)11-13-25-22/h8-9,11-15,17,21H,7,10H2,1-6H3. The van der Waals surface area contributed by atoms with Crippen LogP contribution >= 0.6 is 0 Å². The molecule has 0 amide bonds. The van der Waals surface area contributed by atoms with Crippen LogP contribution in [-0.2, 0) is 0 Å². The molecular formula is C23H31N3. The number of hydrogen-bond donors (Lipinski definition) is 0. The zero-order valence-corrected chi connectivity index (χ0v) is 17.0. The first-order valence-electron chi connectivity index (χ1n) is 9.46. The number of nitrogens with zero attached hydrogens (tertiary/aromatic N) is 3. The molecule has 138 valence electrons. The molecule has 0 aliphatic heterocycles. The molecule has 26 heavy (non-hydrogen) atoms. The van der Waals surface area contributed by atoms with E-state index in [0.717, 1.165) is 29.8 Å². The van der Waals surface area contributed by atoms with Crippen molar-refractivity contribution in [3.63, 3.8) is 0 Å². The van der Waals surface area contributed by atoms with Crippen molar-refractivity contribution in [3.05, 3.63) is 53.9 Å². The number of hydrogen-bond acceptors (Lipinski definition) is 3. The molecule has 0 saturated carbocycles. The summed E-state index contributed by atoms with van der Waals surface area (Å²) in [5, 5.41) is 9.43. The van der Waals surface area contributed by atoms with Gasteiger partial charge in [-0.15, -0.1) is 0 Å². The average molecular weight is 350 g/mol. The first-order valence-corrected chi connectivity index (χ1v) is 9.46. The zero-order chi connectivity index (χ0) is 19.3. The largest absolute Gasteiger partial charge is 0.378 e. The molecule has 1 aliphatic carbocycles. The molecule has 0 fully saturated rings. The Balaban J connectivity index is 2.58. The van der Waals surface area contributed by atoms with Crippen LogP contribution in [0.4, 0.5) is 5.69 Å². The van der Waals surface area contributed by atoms with Crippen molar-refractivity contribution in [2.45, 2.75) is 40.5 Å². The van der Waals surface area contributed by atoms with Crippen LogP contribution in [0.15, 0.2) is 48.2 Å². The molecule has 1 aliphatic rings. The minimum Gasteiger partial charge on any atom is -0.378 e. The van der Waals surface area contributed by atoms with E-state index in [1.165, 1.54) is 5.57 Å². The lowest BCUT2D eigenvalue weighted by molar-refractivity contribution is 0.221. The van der Waals surface area contributed by atoms with E-state index in [-0.39, 0.29) is 5.41 Å². The Morgan fingerprint density at radius 2 is 2.15 bits per heavy atom. The zero-order valence-electron chi connectivity index (χ0n) is 17.0. The molecule has 2 unspecified atom stereocenters. The van der Waals surface area contributed by atoms with Crippen LogP contribution < -0.4 is 4.90 Å². The van der Waals surface area contributed by atoms with Crippen LogP contribution in [0.1, 0.15) is 46.2 Å². The number of rotatable bonds is 6. The van der Waals surface area contributed by atoms with E-state index in [1.807, 2.05) is 32.4 Å². The average Bonchev–Trinajstić information content (AvgIpc) is 2.65. The van der Waals surface area contributed by atoms with Gasteiger partial charge in [0.15, 0.2) is 0 Å². The fraction of sp³-hybridized carbons (Fsp3) is 0.478. The first kappa shape index (κ1) is 20.0. The molecule has 3 heteroatoms. The van der Waals surface area contributed by atoms with Crippen molar-refractivity contribution in [2.75, 3.05) is 19.0 Å². The molecule has 0 radical (unpaired) electrons. The van der Waals surface area contributed by atoms with Gasteiger partial charge >= 0.3 is 0 Å². The van der Waals surface area contributed by atoms with E-state index in [4.69, 9.17) is 0 Å². The lowest BCUT2D eigenvalue weighted by atomic mass is 9.63. The quantitative estimate of drug-likeness (QED) is 0.625. The van der Waals surface area contributed by atoms with Crippen LogP contribution in [-0.4, -0.2) is 19.1 Å². The SMILES string of the molecule is CCC=CC(C)(C(C)C)C1CC=C(C#N)C=C1c1cc(N(C)C)ccn1. The van der Waals surface area contributed by atoms with Gasteiger partial charge in [-0.3, -0.25) is 4.98 Å². The summed E-state index contributed by atoms with van der Waals surface area (Å²) in [6.07, 6.45) is 12.5. The normalized spacial score (nSPS) is 19.7. The van der Waals surface area contributed by atoms with Crippen molar-refractivity contribution in [1.29, 1.82) is 5.26 Å². The van der Waals surface area contributed by atoms with Gasteiger partial charge in [-0.05, 0) is 53.9 Å². The van der Waals surface area contributed by atoms with Gasteiger partial charge in [0.25, 0.3) is 0 Å². The highest BCUT2D eigenvalue weighted by Gasteiger charge is 2.38. The second kappa shape index (κ2) is 8.36. The van der Waals surface area contributed by atoms with Crippen molar-refractivity contribution < 1.29 is 0 Å². The van der Waals surface area contributed by atoms with Crippen molar-refractivity contribution in [1.82, 2.24) is 4.98 Å². The van der Waals surface area contributed by atoms with Gasteiger partial charge in [-0.25, -0.2) is 0 Å². The fourth-order valence-electron chi connectivity index (χ4n) is 3.56. The summed E-state index contributed by atoms with van der Waals surface area (Å²) in [6, 6.07) is 6.46. The highest BCUT2D eigenvalue weighted by Crippen LogP contribution is 2.48. The summed E-state index contributed by atoms with van der Waals surface area (Å²) in [4.78, 5) is 6.75. The first-order chi connectivity index (χ1) is 12.3. The van der Waals surface area contributed by atoms with Crippen LogP contribution in [0.3, 0.4) is 0 Å². The summed E-state index contributed by atoms with van der Waals surface area (Å²) in [7, 11) is 4.07. The molecule has 0 saturated heterocycles. The van der Waals surface area contributed by atoms with Gasteiger partial charge in [0, 0.05) is 31.6 Å². The molecule has 2 atom stereocenters. The Labute approximate surface area is 158 Å². The van der Waals surface area contributed by atoms with Gasteiger partial charge in [-0.2, -0.15) is 5.26 Å². The number of allylic oxidation sites excluding steroid dienone is 6. The molecule has 1 aromatic heterocycles. The van der Waals surface area contributed by atoms with Crippen molar-refractivity contribution in [3.8, 4) is 6.07 Å². The Hall–Kier alpha value is -2.34. The van der Waals surface area contributed by atoms with E-state index in [2.05, 4.69) is 67.9 Å². The Morgan fingerprint density at radius 3 is 2.73 bits per heavy atom. The third-order valence-electron chi connectivity index (χ3n) is 5.65. The minimum absolute atomic E-state index is 0.00906. The fourth-order valence-corrected chi connectivity index (χ4v) is 3.56. The number of pyridine rings is 1. The van der Waals surface area contributed by atoms with Gasteiger partial charge in [0.05, 0.1) is 11.8 Å². The predicted octanol–water partition coefficient (Wildman–Crippen LogP) is 5.63. The number of anilines is 1. The Morgan fingerprint density at radius 1 is 1.42 bits per heavy atom. The topological polar surface area (TPSA) is 39.9 Å². The van der Waals surface area contributed by atoms with E-state index < -0.39 is 0 Å². The molecule has 0 spiro atoms. The maximum Gasteiger partial charge on any atom is 0.0988 e. The Kier molecular flexibility index (Phi) is 6.42. The van der Waals surface area contributed by atoms with Gasteiger partial charge < -0.3 is 4.90 Å². The molecule has 1 heterocycles. The van der Waals surface area contributed by atoms with Gasteiger partial charge in [-0.1, -0.05) is 45.9 Å². The Bertz CT molecular complexity index is 762.